The number of halogens is 1. The van der Waals surface area contributed by atoms with Crippen LogP contribution in [-0.2, 0) is 13.2 Å². The second-order valence-electron chi connectivity index (χ2n) is 6.00. The molecule has 21 heavy (non-hydrogen) atoms. The minimum absolute atomic E-state index is 0.0890. The summed E-state index contributed by atoms with van der Waals surface area (Å²) in [5.41, 5.74) is 1.24. The number of aromatic nitrogens is 1. The van der Waals surface area contributed by atoms with Gasteiger partial charge in [-0.2, -0.15) is 0 Å². The molecule has 0 radical (unpaired) electrons. The van der Waals surface area contributed by atoms with Gasteiger partial charge < -0.3 is 10.1 Å². The van der Waals surface area contributed by atoms with E-state index in [1.165, 1.54) is 0 Å². The number of thiazole rings is 1. The lowest BCUT2D eigenvalue weighted by Gasteiger charge is -2.20. The fraction of sp³-hybridized carbons (Fsp3) is 0.438. The summed E-state index contributed by atoms with van der Waals surface area (Å²) in [6.07, 6.45) is 1.84. The molecule has 0 spiro atoms. The molecule has 0 amide bonds. The van der Waals surface area contributed by atoms with Crippen molar-refractivity contribution in [3.05, 3.63) is 44.9 Å². The molecular weight excluding hydrogens is 304 g/mol. The van der Waals surface area contributed by atoms with Crippen LogP contribution < -0.4 is 10.1 Å². The maximum Gasteiger partial charge on any atom is 0.138 e. The lowest BCUT2D eigenvalue weighted by atomic mass is 10.1. The molecule has 0 fully saturated rings. The molecule has 2 rings (SSSR count). The summed E-state index contributed by atoms with van der Waals surface area (Å²) in [4.78, 5) is 5.31. The zero-order chi connectivity index (χ0) is 15.5. The smallest absolute Gasteiger partial charge is 0.138 e. The van der Waals surface area contributed by atoms with E-state index >= 15 is 0 Å². The van der Waals surface area contributed by atoms with Gasteiger partial charge in [-0.25, -0.2) is 4.98 Å². The molecule has 1 aromatic heterocycles. The van der Waals surface area contributed by atoms with Crippen molar-refractivity contribution in [2.75, 3.05) is 0 Å². The highest BCUT2D eigenvalue weighted by atomic mass is 35.5. The average Bonchev–Trinajstić information content (AvgIpc) is 2.80. The lowest BCUT2D eigenvalue weighted by Crippen LogP contribution is -2.35. The van der Waals surface area contributed by atoms with E-state index < -0.39 is 0 Å². The standard InChI is InChI=1S/C16H21ClN2OS/c1-11-18-9-13(21-11)10-20-15-6-5-12(7-14(15)17)8-19-16(2,3)4/h5-7,9,19H,8,10H2,1-4H3. The number of hydrogen-bond acceptors (Lipinski definition) is 4. The molecule has 0 saturated carbocycles. The van der Waals surface area contributed by atoms with E-state index in [4.69, 9.17) is 16.3 Å². The molecule has 0 bridgehead atoms. The minimum Gasteiger partial charge on any atom is -0.486 e. The van der Waals surface area contributed by atoms with Crippen molar-refractivity contribution in [3.8, 4) is 5.75 Å². The zero-order valence-electron chi connectivity index (χ0n) is 12.9. The van der Waals surface area contributed by atoms with Gasteiger partial charge in [0, 0.05) is 18.3 Å². The molecule has 3 nitrogen and oxygen atoms in total. The number of benzene rings is 1. The first-order valence-corrected chi connectivity index (χ1v) is 8.10. The Balaban J connectivity index is 1.95. The maximum atomic E-state index is 6.29. The van der Waals surface area contributed by atoms with Gasteiger partial charge in [-0.05, 0) is 45.4 Å². The summed E-state index contributed by atoms with van der Waals surface area (Å²) in [6.45, 7) is 9.70. The van der Waals surface area contributed by atoms with Gasteiger partial charge in [-0.1, -0.05) is 17.7 Å². The van der Waals surface area contributed by atoms with E-state index in [2.05, 4.69) is 31.1 Å². The van der Waals surface area contributed by atoms with E-state index in [1.54, 1.807) is 11.3 Å². The normalized spacial score (nSPS) is 11.7. The topological polar surface area (TPSA) is 34.1 Å². The Bertz CT molecular complexity index is 605. The first kappa shape index (κ1) is 16.3. The van der Waals surface area contributed by atoms with Crippen molar-refractivity contribution in [1.29, 1.82) is 0 Å². The second-order valence-corrected chi connectivity index (χ2v) is 7.73. The Kier molecular flexibility index (Phi) is 5.25. The third-order valence-corrected chi connectivity index (χ3v) is 4.04. The maximum absolute atomic E-state index is 6.29. The molecule has 0 aliphatic heterocycles. The Morgan fingerprint density at radius 1 is 1.33 bits per heavy atom. The average molecular weight is 325 g/mol. The number of nitrogens with zero attached hydrogens (tertiary/aromatic N) is 1. The van der Waals surface area contributed by atoms with Gasteiger partial charge in [-0.15, -0.1) is 11.3 Å². The summed E-state index contributed by atoms with van der Waals surface area (Å²) in [5, 5.41) is 5.13. The van der Waals surface area contributed by atoms with Gasteiger partial charge in [0.2, 0.25) is 0 Å². The number of rotatable bonds is 5. The number of aryl methyl sites for hydroxylation is 1. The zero-order valence-corrected chi connectivity index (χ0v) is 14.4. The van der Waals surface area contributed by atoms with Crippen LogP contribution in [0.25, 0.3) is 0 Å². The fourth-order valence-corrected chi connectivity index (χ4v) is 2.73. The quantitative estimate of drug-likeness (QED) is 0.874. The first-order chi connectivity index (χ1) is 9.83. The Morgan fingerprint density at radius 2 is 2.10 bits per heavy atom. The second kappa shape index (κ2) is 6.77. The summed E-state index contributed by atoms with van der Waals surface area (Å²) in [7, 11) is 0. The highest BCUT2D eigenvalue weighted by molar-refractivity contribution is 7.11. The van der Waals surface area contributed by atoms with Gasteiger partial charge in [0.25, 0.3) is 0 Å². The first-order valence-electron chi connectivity index (χ1n) is 6.91. The summed E-state index contributed by atoms with van der Waals surface area (Å²) < 4.78 is 5.75. The molecule has 0 saturated heterocycles. The van der Waals surface area contributed by atoms with Gasteiger partial charge in [0.05, 0.1) is 14.9 Å². The van der Waals surface area contributed by atoms with Gasteiger partial charge in [0.1, 0.15) is 12.4 Å². The summed E-state index contributed by atoms with van der Waals surface area (Å²) >= 11 is 7.92. The minimum atomic E-state index is 0.0890. The van der Waals surface area contributed by atoms with Crippen LogP contribution in [0.1, 0.15) is 36.2 Å². The van der Waals surface area contributed by atoms with Crippen LogP contribution >= 0.6 is 22.9 Å². The van der Waals surface area contributed by atoms with E-state index in [0.717, 1.165) is 22.0 Å². The molecule has 1 aromatic carbocycles. The van der Waals surface area contributed by atoms with E-state index in [1.807, 2.05) is 31.3 Å². The van der Waals surface area contributed by atoms with Crippen LogP contribution in [0.4, 0.5) is 0 Å². The van der Waals surface area contributed by atoms with E-state index in [-0.39, 0.29) is 5.54 Å². The van der Waals surface area contributed by atoms with Crippen molar-refractivity contribution in [3.63, 3.8) is 0 Å². The van der Waals surface area contributed by atoms with Crippen LogP contribution in [0.15, 0.2) is 24.4 Å². The van der Waals surface area contributed by atoms with E-state index in [9.17, 15) is 0 Å². The summed E-state index contributed by atoms with van der Waals surface area (Å²) in [5.74, 6) is 0.710. The third-order valence-electron chi connectivity index (χ3n) is 2.86. The van der Waals surface area contributed by atoms with E-state index in [0.29, 0.717) is 17.4 Å². The Morgan fingerprint density at radius 3 is 2.67 bits per heavy atom. The molecule has 5 heteroatoms. The predicted molar refractivity (Wildman–Crippen MR) is 89.2 cm³/mol. The molecule has 1 heterocycles. The van der Waals surface area contributed by atoms with Crippen LogP contribution in [0.2, 0.25) is 5.02 Å². The van der Waals surface area contributed by atoms with Crippen LogP contribution in [0, 0.1) is 6.92 Å². The van der Waals surface area contributed by atoms with Crippen LogP contribution in [0.5, 0.6) is 5.75 Å². The molecule has 0 aliphatic rings. The lowest BCUT2D eigenvalue weighted by molar-refractivity contribution is 0.309. The molecule has 0 aliphatic carbocycles. The Labute approximate surface area is 135 Å². The molecule has 114 valence electrons. The molecular formula is C16H21ClN2OS. The van der Waals surface area contributed by atoms with Crippen molar-refractivity contribution < 1.29 is 4.74 Å². The predicted octanol–water partition coefficient (Wildman–Crippen LogP) is 4.57. The van der Waals surface area contributed by atoms with Gasteiger partial charge in [0.15, 0.2) is 0 Å². The monoisotopic (exact) mass is 324 g/mol. The van der Waals surface area contributed by atoms with Crippen molar-refractivity contribution in [2.45, 2.75) is 46.4 Å². The third kappa shape index (κ3) is 5.30. The summed E-state index contributed by atoms with van der Waals surface area (Å²) in [6, 6.07) is 5.92. The number of ether oxygens (including phenoxy) is 1. The SMILES string of the molecule is Cc1ncc(COc2ccc(CNC(C)(C)C)cc2Cl)s1. The highest BCUT2D eigenvalue weighted by Gasteiger charge is 2.10. The molecule has 2 aromatic rings. The van der Waals surface area contributed by atoms with Crippen LogP contribution in [0.3, 0.4) is 0 Å². The number of nitrogens with one attached hydrogen (secondary N) is 1. The molecule has 1 N–H and O–H groups in total. The van der Waals surface area contributed by atoms with Crippen molar-refractivity contribution >= 4 is 22.9 Å². The van der Waals surface area contributed by atoms with Gasteiger partial charge in [-0.3, -0.25) is 0 Å². The van der Waals surface area contributed by atoms with Gasteiger partial charge >= 0.3 is 0 Å². The highest BCUT2D eigenvalue weighted by Crippen LogP contribution is 2.27. The molecule has 0 unspecified atom stereocenters. The van der Waals surface area contributed by atoms with Crippen molar-refractivity contribution in [1.82, 2.24) is 10.3 Å². The molecule has 0 atom stereocenters. The Hall–Kier alpha value is -1.10. The van der Waals surface area contributed by atoms with Crippen LogP contribution in [-0.4, -0.2) is 10.5 Å². The fourth-order valence-electron chi connectivity index (χ4n) is 1.76. The number of hydrogen-bond donors (Lipinski definition) is 1. The van der Waals surface area contributed by atoms with Crippen molar-refractivity contribution in [2.24, 2.45) is 0 Å². The largest absolute Gasteiger partial charge is 0.486 e.